The second-order valence-corrected chi connectivity index (χ2v) is 5.47. The van der Waals surface area contributed by atoms with Gasteiger partial charge in [-0.2, -0.15) is 0 Å². The van der Waals surface area contributed by atoms with Crippen molar-refractivity contribution < 1.29 is 9.53 Å². The molecule has 2 heterocycles. The molecule has 6 heteroatoms. The van der Waals surface area contributed by atoms with Crippen molar-refractivity contribution in [3.05, 3.63) is 48.8 Å². The van der Waals surface area contributed by atoms with Gasteiger partial charge in [-0.15, -0.1) is 0 Å². The van der Waals surface area contributed by atoms with Gasteiger partial charge in [0.15, 0.2) is 0 Å². The van der Waals surface area contributed by atoms with Crippen molar-refractivity contribution in [2.24, 2.45) is 0 Å². The Morgan fingerprint density at radius 1 is 1.09 bits per heavy atom. The first-order valence-electron chi connectivity index (χ1n) is 7.90. The smallest absolute Gasteiger partial charge is 0.319 e. The number of ether oxygens (including phenoxy) is 1. The highest BCUT2D eigenvalue weighted by atomic mass is 16.5. The average molecular weight is 314 g/mol. The van der Waals surface area contributed by atoms with Gasteiger partial charge in [-0.25, -0.2) is 4.79 Å². The highest BCUT2D eigenvalue weighted by Crippen LogP contribution is 2.13. The minimum absolute atomic E-state index is 0.174. The summed E-state index contributed by atoms with van der Waals surface area (Å²) in [5, 5.41) is 5.73. The lowest BCUT2D eigenvalue weighted by Crippen LogP contribution is -2.42. The van der Waals surface area contributed by atoms with Crippen LogP contribution in [-0.4, -0.2) is 54.9 Å². The lowest BCUT2D eigenvalue weighted by Gasteiger charge is -2.26. The lowest BCUT2D eigenvalue weighted by atomic mass is 10.3. The van der Waals surface area contributed by atoms with Crippen molar-refractivity contribution in [1.29, 1.82) is 0 Å². The van der Waals surface area contributed by atoms with Crippen LogP contribution in [0.4, 0.5) is 10.5 Å². The molecule has 0 radical (unpaired) electrons. The van der Waals surface area contributed by atoms with Crippen LogP contribution in [0, 0.1) is 0 Å². The van der Waals surface area contributed by atoms with Crippen molar-refractivity contribution in [3.8, 4) is 5.69 Å². The van der Waals surface area contributed by atoms with Crippen LogP contribution in [0.25, 0.3) is 5.69 Å². The Bertz CT molecular complexity index is 604. The molecule has 1 aromatic carbocycles. The van der Waals surface area contributed by atoms with Gasteiger partial charge in [0.05, 0.1) is 13.2 Å². The number of anilines is 1. The van der Waals surface area contributed by atoms with Crippen molar-refractivity contribution in [2.75, 3.05) is 44.7 Å². The maximum absolute atomic E-state index is 11.9. The molecule has 2 aromatic rings. The zero-order valence-corrected chi connectivity index (χ0v) is 13.1. The van der Waals surface area contributed by atoms with E-state index in [-0.39, 0.29) is 6.03 Å². The summed E-state index contributed by atoms with van der Waals surface area (Å²) in [7, 11) is 0. The third-order valence-electron chi connectivity index (χ3n) is 3.85. The third-order valence-corrected chi connectivity index (χ3v) is 3.85. The number of nitrogens with zero attached hydrogens (tertiary/aromatic N) is 2. The Morgan fingerprint density at radius 3 is 2.48 bits per heavy atom. The molecule has 0 unspecified atom stereocenters. The molecule has 2 amide bonds. The van der Waals surface area contributed by atoms with E-state index in [2.05, 4.69) is 15.5 Å². The molecule has 1 aromatic heterocycles. The number of nitrogens with one attached hydrogen (secondary N) is 2. The molecule has 0 saturated carbocycles. The van der Waals surface area contributed by atoms with E-state index in [0.717, 1.165) is 44.2 Å². The first-order valence-corrected chi connectivity index (χ1v) is 7.90. The van der Waals surface area contributed by atoms with Gasteiger partial charge in [-0.3, -0.25) is 4.90 Å². The topological polar surface area (TPSA) is 58.5 Å². The second kappa shape index (κ2) is 7.80. The second-order valence-electron chi connectivity index (χ2n) is 5.47. The molecule has 6 nitrogen and oxygen atoms in total. The minimum atomic E-state index is -0.174. The predicted molar refractivity (Wildman–Crippen MR) is 90.0 cm³/mol. The SMILES string of the molecule is O=C(NCCN1CCOCC1)Nc1ccc(-n2cccc2)cc1. The largest absolute Gasteiger partial charge is 0.379 e. The molecule has 0 bridgehead atoms. The summed E-state index contributed by atoms with van der Waals surface area (Å²) in [4.78, 5) is 14.2. The van der Waals surface area contributed by atoms with Crippen LogP contribution in [0.3, 0.4) is 0 Å². The molecule has 0 aliphatic carbocycles. The van der Waals surface area contributed by atoms with Gasteiger partial charge >= 0.3 is 6.03 Å². The monoisotopic (exact) mass is 314 g/mol. The van der Waals surface area contributed by atoms with Crippen molar-refractivity contribution in [2.45, 2.75) is 0 Å². The number of hydrogen-bond acceptors (Lipinski definition) is 3. The molecule has 0 spiro atoms. The van der Waals surface area contributed by atoms with Gasteiger partial charge in [0, 0.05) is 49.9 Å². The van der Waals surface area contributed by atoms with Crippen LogP contribution >= 0.6 is 0 Å². The maximum atomic E-state index is 11.9. The van der Waals surface area contributed by atoms with E-state index < -0.39 is 0 Å². The van der Waals surface area contributed by atoms with E-state index in [4.69, 9.17) is 4.74 Å². The van der Waals surface area contributed by atoms with Gasteiger partial charge in [0.2, 0.25) is 0 Å². The van der Waals surface area contributed by atoms with Crippen molar-refractivity contribution >= 4 is 11.7 Å². The zero-order valence-electron chi connectivity index (χ0n) is 13.1. The van der Waals surface area contributed by atoms with Crippen LogP contribution in [0.2, 0.25) is 0 Å². The summed E-state index contributed by atoms with van der Waals surface area (Å²) < 4.78 is 7.32. The van der Waals surface area contributed by atoms with E-state index in [1.165, 1.54) is 0 Å². The van der Waals surface area contributed by atoms with Crippen molar-refractivity contribution in [1.82, 2.24) is 14.8 Å². The van der Waals surface area contributed by atoms with E-state index in [0.29, 0.717) is 6.54 Å². The average Bonchev–Trinajstić information content (AvgIpc) is 3.11. The van der Waals surface area contributed by atoms with Crippen LogP contribution < -0.4 is 10.6 Å². The number of carbonyl (C=O) groups is 1. The summed E-state index contributed by atoms with van der Waals surface area (Å²) in [6.07, 6.45) is 3.97. The van der Waals surface area contributed by atoms with Crippen LogP contribution in [-0.2, 0) is 4.74 Å². The normalized spacial score (nSPS) is 15.3. The Labute approximate surface area is 136 Å². The quantitative estimate of drug-likeness (QED) is 0.886. The molecule has 3 rings (SSSR count). The Balaban J connectivity index is 1.42. The van der Waals surface area contributed by atoms with Crippen LogP contribution in [0.15, 0.2) is 48.8 Å². The van der Waals surface area contributed by atoms with Gasteiger partial charge in [-0.1, -0.05) is 0 Å². The van der Waals surface area contributed by atoms with E-state index in [1.807, 2.05) is 53.4 Å². The number of hydrogen-bond donors (Lipinski definition) is 2. The molecule has 1 fully saturated rings. The minimum Gasteiger partial charge on any atom is -0.379 e. The Kier molecular flexibility index (Phi) is 5.29. The predicted octanol–water partition coefficient (Wildman–Crippen LogP) is 1.93. The molecule has 1 aliphatic rings. The summed E-state index contributed by atoms with van der Waals surface area (Å²) in [6, 6.07) is 11.5. The van der Waals surface area contributed by atoms with E-state index in [1.54, 1.807) is 0 Å². The fourth-order valence-corrected chi connectivity index (χ4v) is 2.55. The number of aromatic nitrogens is 1. The Morgan fingerprint density at radius 2 is 1.78 bits per heavy atom. The molecular formula is C17H22N4O2. The molecule has 1 saturated heterocycles. The standard InChI is InChI=1S/C17H22N4O2/c22-17(18-7-10-20-11-13-23-14-12-20)19-15-3-5-16(6-4-15)21-8-1-2-9-21/h1-6,8-9H,7,10-14H2,(H2,18,19,22). The molecule has 1 aliphatic heterocycles. The van der Waals surface area contributed by atoms with Crippen LogP contribution in [0.1, 0.15) is 0 Å². The number of carbonyl (C=O) groups excluding carboxylic acids is 1. The fourth-order valence-electron chi connectivity index (χ4n) is 2.55. The highest BCUT2D eigenvalue weighted by Gasteiger charge is 2.10. The highest BCUT2D eigenvalue weighted by molar-refractivity contribution is 5.89. The first kappa shape index (κ1) is 15.6. The molecule has 23 heavy (non-hydrogen) atoms. The summed E-state index contributed by atoms with van der Waals surface area (Å²) in [5.41, 5.74) is 1.85. The summed E-state index contributed by atoms with van der Waals surface area (Å²) in [6.45, 7) is 4.91. The van der Waals surface area contributed by atoms with E-state index >= 15 is 0 Å². The molecule has 122 valence electrons. The van der Waals surface area contributed by atoms with Gasteiger partial charge in [-0.05, 0) is 36.4 Å². The van der Waals surface area contributed by atoms with Crippen LogP contribution in [0.5, 0.6) is 0 Å². The number of benzene rings is 1. The molecule has 2 N–H and O–H groups in total. The van der Waals surface area contributed by atoms with Gasteiger partial charge in [0.1, 0.15) is 0 Å². The number of urea groups is 1. The molecule has 0 atom stereocenters. The summed E-state index contributed by atoms with van der Waals surface area (Å²) >= 11 is 0. The van der Waals surface area contributed by atoms with E-state index in [9.17, 15) is 4.79 Å². The van der Waals surface area contributed by atoms with Gasteiger partial charge in [0.25, 0.3) is 0 Å². The maximum Gasteiger partial charge on any atom is 0.319 e. The number of amides is 2. The van der Waals surface area contributed by atoms with Crippen molar-refractivity contribution in [3.63, 3.8) is 0 Å². The number of rotatable bonds is 5. The third kappa shape index (κ3) is 4.58. The number of morpholine rings is 1. The Hall–Kier alpha value is -2.31. The summed E-state index contributed by atoms with van der Waals surface area (Å²) in [5.74, 6) is 0. The first-order chi connectivity index (χ1) is 11.3. The lowest BCUT2D eigenvalue weighted by molar-refractivity contribution is 0.0388. The fraction of sp³-hybridized carbons (Fsp3) is 0.353. The van der Waals surface area contributed by atoms with Gasteiger partial charge < -0.3 is 19.9 Å². The molecular weight excluding hydrogens is 292 g/mol. The zero-order chi connectivity index (χ0) is 15.9.